The van der Waals surface area contributed by atoms with Gasteiger partial charge in [0.15, 0.2) is 5.76 Å². The van der Waals surface area contributed by atoms with Gasteiger partial charge >= 0.3 is 0 Å². The zero-order chi connectivity index (χ0) is 10.6. The summed E-state index contributed by atoms with van der Waals surface area (Å²) in [5.41, 5.74) is 0. The van der Waals surface area contributed by atoms with Gasteiger partial charge in [-0.15, -0.1) is 0 Å². The summed E-state index contributed by atoms with van der Waals surface area (Å²) in [7, 11) is -3.03. The molecule has 0 aliphatic rings. The lowest BCUT2D eigenvalue weighted by molar-refractivity contribution is 0.0928. The molecule has 0 aliphatic heterocycles. The minimum atomic E-state index is -3.03. The van der Waals surface area contributed by atoms with E-state index in [9.17, 15) is 13.2 Å². The van der Waals surface area contributed by atoms with Crippen molar-refractivity contribution in [3.63, 3.8) is 0 Å². The molecule has 6 heteroatoms. The van der Waals surface area contributed by atoms with Crippen molar-refractivity contribution < 1.29 is 17.6 Å². The van der Waals surface area contributed by atoms with Crippen LogP contribution in [0.1, 0.15) is 10.6 Å². The van der Waals surface area contributed by atoms with Crippen molar-refractivity contribution in [3.8, 4) is 0 Å². The zero-order valence-electron chi connectivity index (χ0n) is 7.69. The van der Waals surface area contributed by atoms with Crippen LogP contribution in [0.3, 0.4) is 0 Å². The summed E-state index contributed by atoms with van der Waals surface area (Å²) in [4.78, 5) is 11.2. The topological polar surface area (TPSA) is 76.4 Å². The molecule has 14 heavy (non-hydrogen) atoms. The fourth-order valence-electron chi connectivity index (χ4n) is 0.845. The van der Waals surface area contributed by atoms with Gasteiger partial charge in [0.2, 0.25) is 0 Å². The van der Waals surface area contributed by atoms with Crippen molar-refractivity contribution >= 4 is 15.7 Å². The highest BCUT2D eigenvalue weighted by Crippen LogP contribution is 1.98. The molecule has 78 valence electrons. The van der Waals surface area contributed by atoms with Crippen molar-refractivity contribution in [2.24, 2.45) is 0 Å². The number of sulfone groups is 1. The summed E-state index contributed by atoms with van der Waals surface area (Å²) in [6, 6.07) is 3.10. The highest BCUT2D eigenvalue weighted by atomic mass is 32.2. The number of carbonyl (C=O) groups excluding carboxylic acids is 1. The Kier molecular flexibility index (Phi) is 3.29. The molecule has 0 unspecified atom stereocenters. The summed E-state index contributed by atoms with van der Waals surface area (Å²) >= 11 is 0. The molecule has 0 saturated carbocycles. The predicted molar refractivity (Wildman–Crippen MR) is 50.8 cm³/mol. The lowest BCUT2D eigenvalue weighted by Gasteiger charge is -2.00. The maximum absolute atomic E-state index is 11.2. The number of amides is 1. The van der Waals surface area contributed by atoms with E-state index in [0.29, 0.717) is 0 Å². The van der Waals surface area contributed by atoms with E-state index in [-0.39, 0.29) is 18.1 Å². The average molecular weight is 217 g/mol. The normalized spacial score (nSPS) is 11.2. The Hall–Kier alpha value is -1.30. The molecule has 0 saturated heterocycles. The van der Waals surface area contributed by atoms with E-state index in [0.717, 1.165) is 6.26 Å². The molecular weight excluding hydrogens is 206 g/mol. The number of nitrogens with one attached hydrogen (secondary N) is 1. The standard InChI is InChI=1S/C8H11NO4S/c1-14(11,12)6-4-9-8(10)7-3-2-5-13-7/h2-3,5H,4,6H2,1H3,(H,9,10). The molecule has 0 aromatic carbocycles. The van der Waals surface area contributed by atoms with Crippen molar-refractivity contribution in [1.82, 2.24) is 5.32 Å². The third-order valence-electron chi connectivity index (χ3n) is 1.50. The van der Waals surface area contributed by atoms with E-state index in [1.165, 1.54) is 12.3 Å². The molecule has 1 aromatic heterocycles. The Bertz CT molecular complexity index is 393. The second-order valence-electron chi connectivity index (χ2n) is 2.86. The molecule has 1 rings (SSSR count). The second-order valence-corrected chi connectivity index (χ2v) is 5.12. The molecule has 1 heterocycles. The molecule has 0 atom stereocenters. The van der Waals surface area contributed by atoms with Crippen LogP contribution in [0, 0.1) is 0 Å². The van der Waals surface area contributed by atoms with Gasteiger partial charge < -0.3 is 9.73 Å². The van der Waals surface area contributed by atoms with Crippen LogP contribution in [-0.2, 0) is 9.84 Å². The smallest absolute Gasteiger partial charge is 0.287 e. The molecule has 0 bridgehead atoms. The van der Waals surface area contributed by atoms with Crippen LogP contribution in [0.2, 0.25) is 0 Å². The molecular formula is C8H11NO4S. The summed E-state index contributed by atoms with van der Waals surface area (Å²) in [6.45, 7) is 0.0956. The Morgan fingerprint density at radius 2 is 2.29 bits per heavy atom. The number of rotatable bonds is 4. The van der Waals surface area contributed by atoms with Gasteiger partial charge in [-0.2, -0.15) is 0 Å². The highest BCUT2D eigenvalue weighted by molar-refractivity contribution is 7.90. The van der Waals surface area contributed by atoms with Crippen LogP contribution < -0.4 is 5.32 Å². The molecule has 1 aromatic rings. The highest BCUT2D eigenvalue weighted by Gasteiger charge is 2.08. The van der Waals surface area contributed by atoms with Crippen LogP contribution in [0.4, 0.5) is 0 Å². The Labute approximate surface area is 82.0 Å². The first-order valence-electron chi connectivity index (χ1n) is 3.98. The van der Waals surface area contributed by atoms with E-state index >= 15 is 0 Å². The zero-order valence-corrected chi connectivity index (χ0v) is 8.50. The maximum atomic E-state index is 11.2. The van der Waals surface area contributed by atoms with Gasteiger partial charge in [-0.1, -0.05) is 0 Å². The minimum absolute atomic E-state index is 0.0700. The molecule has 0 spiro atoms. The van der Waals surface area contributed by atoms with Crippen LogP contribution in [-0.4, -0.2) is 32.9 Å². The van der Waals surface area contributed by atoms with Gasteiger partial charge in [-0.3, -0.25) is 4.79 Å². The van der Waals surface area contributed by atoms with Gasteiger partial charge in [0.25, 0.3) is 5.91 Å². The van der Waals surface area contributed by atoms with Gasteiger partial charge in [0.1, 0.15) is 9.84 Å². The van der Waals surface area contributed by atoms with E-state index < -0.39 is 15.7 Å². The third-order valence-corrected chi connectivity index (χ3v) is 2.45. The van der Waals surface area contributed by atoms with Crippen molar-refractivity contribution in [3.05, 3.63) is 24.2 Å². The second kappa shape index (κ2) is 4.28. The van der Waals surface area contributed by atoms with Gasteiger partial charge in [0, 0.05) is 12.8 Å². The monoisotopic (exact) mass is 217 g/mol. The quantitative estimate of drug-likeness (QED) is 0.773. The van der Waals surface area contributed by atoms with Crippen molar-refractivity contribution in [2.45, 2.75) is 0 Å². The number of hydrogen-bond donors (Lipinski definition) is 1. The van der Waals surface area contributed by atoms with E-state index in [1.54, 1.807) is 6.07 Å². The summed E-state index contributed by atoms with van der Waals surface area (Å²) in [6.07, 6.45) is 2.50. The third kappa shape index (κ3) is 3.61. The summed E-state index contributed by atoms with van der Waals surface area (Å²) in [5, 5.41) is 2.43. The van der Waals surface area contributed by atoms with Crippen LogP contribution in [0.5, 0.6) is 0 Å². The molecule has 0 aliphatic carbocycles. The maximum Gasteiger partial charge on any atom is 0.287 e. The van der Waals surface area contributed by atoms with Gasteiger partial charge in [-0.25, -0.2) is 8.42 Å². The van der Waals surface area contributed by atoms with Crippen molar-refractivity contribution in [1.29, 1.82) is 0 Å². The fraction of sp³-hybridized carbons (Fsp3) is 0.375. The lowest BCUT2D eigenvalue weighted by atomic mass is 10.4. The Morgan fingerprint density at radius 3 is 2.79 bits per heavy atom. The minimum Gasteiger partial charge on any atom is -0.459 e. The predicted octanol–water partition coefficient (Wildman–Crippen LogP) is 0.0540. The summed E-state index contributed by atoms with van der Waals surface area (Å²) in [5.74, 6) is -0.295. The van der Waals surface area contributed by atoms with E-state index in [4.69, 9.17) is 4.42 Å². The number of hydrogen-bond acceptors (Lipinski definition) is 4. The number of carbonyl (C=O) groups is 1. The van der Waals surface area contributed by atoms with Gasteiger partial charge in [-0.05, 0) is 12.1 Å². The average Bonchev–Trinajstić information content (AvgIpc) is 2.53. The van der Waals surface area contributed by atoms with Crippen LogP contribution in [0.15, 0.2) is 22.8 Å². The first-order valence-corrected chi connectivity index (χ1v) is 6.04. The van der Waals surface area contributed by atoms with Crippen LogP contribution in [0.25, 0.3) is 0 Å². The molecule has 0 fully saturated rings. The van der Waals surface area contributed by atoms with Crippen LogP contribution >= 0.6 is 0 Å². The number of furan rings is 1. The van der Waals surface area contributed by atoms with E-state index in [2.05, 4.69) is 5.32 Å². The Balaban J connectivity index is 2.37. The molecule has 5 nitrogen and oxygen atoms in total. The largest absolute Gasteiger partial charge is 0.459 e. The molecule has 0 radical (unpaired) electrons. The van der Waals surface area contributed by atoms with E-state index in [1.807, 2.05) is 0 Å². The fourth-order valence-corrected chi connectivity index (χ4v) is 1.32. The summed E-state index contributed by atoms with van der Waals surface area (Å²) < 4.78 is 26.3. The SMILES string of the molecule is CS(=O)(=O)CCNC(=O)c1ccco1. The first kappa shape index (κ1) is 10.8. The first-order chi connectivity index (χ1) is 6.49. The Morgan fingerprint density at radius 1 is 1.57 bits per heavy atom. The molecule has 1 amide bonds. The molecule has 1 N–H and O–H groups in total. The van der Waals surface area contributed by atoms with Gasteiger partial charge in [0.05, 0.1) is 12.0 Å². The van der Waals surface area contributed by atoms with Crippen molar-refractivity contribution in [2.75, 3.05) is 18.6 Å². The lowest BCUT2D eigenvalue weighted by Crippen LogP contribution is -2.28.